The van der Waals surface area contributed by atoms with Crippen molar-refractivity contribution in [2.24, 2.45) is 5.73 Å². The van der Waals surface area contributed by atoms with Crippen molar-refractivity contribution in [1.29, 1.82) is 0 Å². The molecule has 3 rings (SSSR count). The number of morpholine rings is 1. The number of amides is 1. The monoisotopic (exact) mass is 327 g/mol. The molecule has 1 aliphatic rings. The zero-order valence-electron chi connectivity index (χ0n) is 13.3. The lowest BCUT2D eigenvalue weighted by Crippen LogP contribution is -2.51. The SMILES string of the molecule is NCc1ccc(N2CCOC(NC(=O)c3ccncc3)C2)cc1N. The van der Waals surface area contributed by atoms with E-state index in [-0.39, 0.29) is 12.1 Å². The first-order valence-corrected chi connectivity index (χ1v) is 7.83. The van der Waals surface area contributed by atoms with Gasteiger partial charge in [-0.15, -0.1) is 0 Å². The van der Waals surface area contributed by atoms with Gasteiger partial charge >= 0.3 is 0 Å². The fraction of sp³-hybridized carbons (Fsp3) is 0.294. The number of carbonyl (C=O) groups excluding carboxylic acids is 1. The summed E-state index contributed by atoms with van der Waals surface area (Å²) in [6.45, 7) is 2.24. The number of nitrogens with one attached hydrogen (secondary N) is 1. The molecule has 5 N–H and O–H groups in total. The molecule has 1 fully saturated rings. The summed E-state index contributed by atoms with van der Waals surface area (Å²) in [5, 5.41) is 2.89. The molecule has 1 aromatic carbocycles. The van der Waals surface area contributed by atoms with E-state index in [4.69, 9.17) is 16.2 Å². The van der Waals surface area contributed by atoms with Crippen LogP contribution >= 0.6 is 0 Å². The number of nitrogens with two attached hydrogens (primary N) is 2. The van der Waals surface area contributed by atoms with Gasteiger partial charge in [-0.3, -0.25) is 9.78 Å². The number of carbonyl (C=O) groups is 1. The second-order valence-electron chi connectivity index (χ2n) is 5.60. The standard InChI is InChI=1S/C17H21N5O2/c18-10-13-1-2-14(9-15(13)19)22-7-8-24-16(11-22)21-17(23)12-3-5-20-6-4-12/h1-6,9,16H,7-8,10-11,18-19H2,(H,21,23). The lowest BCUT2D eigenvalue weighted by atomic mass is 10.1. The minimum Gasteiger partial charge on any atom is -0.398 e. The van der Waals surface area contributed by atoms with Crippen molar-refractivity contribution in [3.8, 4) is 0 Å². The first-order valence-electron chi connectivity index (χ1n) is 7.83. The Balaban J connectivity index is 1.66. The summed E-state index contributed by atoms with van der Waals surface area (Å²) in [5.41, 5.74) is 14.8. The van der Waals surface area contributed by atoms with E-state index in [0.717, 1.165) is 17.8 Å². The van der Waals surface area contributed by atoms with Gasteiger partial charge in [0.15, 0.2) is 0 Å². The Morgan fingerprint density at radius 3 is 2.83 bits per heavy atom. The molecule has 2 aromatic rings. The molecule has 0 radical (unpaired) electrons. The van der Waals surface area contributed by atoms with Gasteiger partial charge in [0.05, 0.1) is 13.2 Å². The smallest absolute Gasteiger partial charge is 0.253 e. The predicted octanol–water partition coefficient (Wildman–Crippen LogP) is 0.715. The van der Waals surface area contributed by atoms with E-state index in [1.807, 2.05) is 18.2 Å². The van der Waals surface area contributed by atoms with Crippen LogP contribution in [0.4, 0.5) is 11.4 Å². The van der Waals surface area contributed by atoms with Gasteiger partial charge in [-0.05, 0) is 29.8 Å². The van der Waals surface area contributed by atoms with Gasteiger partial charge in [-0.2, -0.15) is 0 Å². The van der Waals surface area contributed by atoms with E-state index in [9.17, 15) is 4.79 Å². The summed E-state index contributed by atoms with van der Waals surface area (Å²) in [4.78, 5) is 18.3. The molecule has 0 bridgehead atoms. The third kappa shape index (κ3) is 3.64. The maximum absolute atomic E-state index is 12.2. The zero-order valence-corrected chi connectivity index (χ0v) is 13.3. The second kappa shape index (κ2) is 7.29. The average molecular weight is 327 g/mol. The van der Waals surface area contributed by atoms with E-state index in [0.29, 0.717) is 30.9 Å². The molecule has 1 saturated heterocycles. The van der Waals surface area contributed by atoms with Gasteiger partial charge in [-0.1, -0.05) is 6.07 Å². The summed E-state index contributed by atoms with van der Waals surface area (Å²) in [7, 11) is 0. The second-order valence-corrected chi connectivity index (χ2v) is 5.60. The van der Waals surface area contributed by atoms with Gasteiger partial charge in [0.1, 0.15) is 6.23 Å². The first kappa shape index (κ1) is 16.2. The van der Waals surface area contributed by atoms with Crippen molar-refractivity contribution < 1.29 is 9.53 Å². The average Bonchev–Trinajstić information content (AvgIpc) is 2.62. The lowest BCUT2D eigenvalue weighted by molar-refractivity contribution is 0.0182. The Bertz CT molecular complexity index is 707. The number of benzene rings is 1. The number of nitrogens with zero attached hydrogens (tertiary/aromatic N) is 2. The van der Waals surface area contributed by atoms with Crippen LogP contribution < -0.4 is 21.7 Å². The molecular weight excluding hydrogens is 306 g/mol. The van der Waals surface area contributed by atoms with Crippen molar-refractivity contribution in [2.75, 3.05) is 30.3 Å². The van der Waals surface area contributed by atoms with E-state index in [2.05, 4.69) is 15.2 Å². The number of anilines is 2. The third-order valence-electron chi connectivity index (χ3n) is 4.02. The van der Waals surface area contributed by atoms with E-state index >= 15 is 0 Å². The molecule has 1 amide bonds. The molecule has 126 valence electrons. The molecule has 2 heterocycles. The largest absolute Gasteiger partial charge is 0.398 e. The maximum Gasteiger partial charge on any atom is 0.253 e. The highest BCUT2D eigenvalue weighted by atomic mass is 16.5. The fourth-order valence-corrected chi connectivity index (χ4v) is 2.67. The van der Waals surface area contributed by atoms with E-state index in [1.165, 1.54) is 0 Å². The summed E-state index contributed by atoms with van der Waals surface area (Å²) in [5.74, 6) is -0.178. The van der Waals surface area contributed by atoms with Crippen molar-refractivity contribution in [1.82, 2.24) is 10.3 Å². The van der Waals surface area contributed by atoms with E-state index < -0.39 is 0 Å². The maximum atomic E-state index is 12.2. The van der Waals surface area contributed by atoms with Gasteiger partial charge in [0, 0.05) is 42.4 Å². The number of rotatable bonds is 4. The summed E-state index contributed by atoms with van der Waals surface area (Å²) in [6, 6.07) is 9.18. The highest BCUT2D eigenvalue weighted by Crippen LogP contribution is 2.23. The quantitative estimate of drug-likeness (QED) is 0.714. The van der Waals surface area contributed by atoms with E-state index in [1.54, 1.807) is 24.5 Å². The Kier molecular flexibility index (Phi) is 4.93. The molecular formula is C17H21N5O2. The van der Waals surface area contributed by atoms with Crippen LogP contribution in [0.15, 0.2) is 42.7 Å². The number of nitrogen functional groups attached to an aromatic ring is 1. The van der Waals surface area contributed by atoms with Crippen molar-refractivity contribution in [2.45, 2.75) is 12.8 Å². The minimum absolute atomic E-state index is 0.178. The number of hydrogen-bond donors (Lipinski definition) is 3. The third-order valence-corrected chi connectivity index (χ3v) is 4.02. The van der Waals surface area contributed by atoms with Crippen LogP contribution in [0.3, 0.4) is 0 Å². The van der Waals surface area contributed by atoms with Crippen LogP contribution in [0, 0.1) is 0 Å². The van der Waals surface area contributed by atoms with Gasteiger partial charge in [0.25, 0.3) is 5.91 Å². The first-order chi connectivity index (χ1) is 11.7. The van der Waals surface area contributed by atoms with Crippen LogP contribution in [0.5, 0.6) is 0 Å². The highest BCUT2D eigenvalue weighted by Gasteiger charge is 2.23. The molecule has 1 aromatic heterocycles. The Morgan fingerprint density at radius 2 is 2.12 bits per heavy atom. The molecule has 0 aliphatic carbocycles. The highest BCUT2D eigenvalue weighted by molar-refractivity contribution is 5.94. The van der Waals surface area contributed by atoms with Gasteiger partial charge in [0.2, 0.25) is 0 Å². The fourth-order valence-electron chi connectivity index (χ4n) is 2.67. The summed E-state index contributed by atoms with van der Waals surface area (Å²) in [6.07, 6.45) is 2.80. The van der Waals surface area contributed by atoms with Crippen molar-refractivity contribution in [3.05, 3.63) is 53.9 Å². The van der Waals surface area contributed by atoms with Gasteiger partial charge in [-0.25, -0.2) is 0 Å². The molecule has 0 saturated carbocycles. The Hall–Kier alpha value is -2.64. The van der Waals surface area contributed by atoms with Crippen LogP contribution in [-0.4, -0.2) is 36.8 Å². The number of pyridine rings is 1. The Labute approximate surface area is 140 Å². The summed E-state index contributed by atoms with van der Waals surface area (Å²) >= 11 is 0. The minimum atomic E-state index is -0.380. The number of ether oxygens (including phenoxy) is 1. The van der Waals surface area contributed by atoms with Crippen LogP contribution in [0.1, 0.15) is 15.9 Å². The van der Waals surface area contributed by atoms with Crippen LogP contribution in [-0.2, 0) is 11.3 Å². The number of hydrogen-bond acceptors (Lipinski definition) is 6. The van der Waals surface area contributed by atoms with Crippen LogP contribution in [0.2, 0.25) is 0 Å². The van der Waals surface area contributed by atoms with Crippen molar-refractivity contribution in [3.63, 3.8) is 0 Å². The lowest BCUT2D eigenvalue weighted by Gasteiger charge is -2.35. The van der Waals surface area contributed by atoms with Gasteiger partial charge < -0.3 is 26.4 Å². The van der Waals surface area contributed by atoms with Crippen molar-refractivity contribution >= 4 is 17.3 Å². The Morgan fingerprint density at radius 1 is 1.33 bits per heavy atom. The molecule has 24 heavy (non-hydrogen) atoms. The normalized spacial score (nSPS) is 17.5. The number of aromatic nitrogens is 1. The molecule has 1 aliphatic heterocycles. The van der Waals surface area contributed by atoms with Crippen LogP contribution in [0.25, 0.3) is 0 Å². The summed E-state index contributed by atoms with van der Waals surface area (Å²) < 4.78 is 5.66. The molecule has 0 spiro atoms. The molecule has 7 heteroatoms. The molecule has 7 nitrogen and oxygen atoms in total. The molecule has 1 atom stereocenters. The predicted molar refractivity (Wildman–Crippen MR) is 92.4 cm³/mol. The zero-order chi connectivity index (χ0) is 16.9. The molecule has 1 unspecified atom stereocenters. The topological polar surface area (TPSA) is 106 Å².